The van der Waals surface area contributed by atoms with Crippen LogP contribution in [-0.2, 0) is 0 Å². The van der Waals surface area contributed by atoms with Crippen molar-refractivity contribution in [1.82, 2.24) is 0 Å². The molecule has 19 heavy (non-hydrogen) atoms. The van der Waals surface area contributed by atoms with E-state index in [9.17, 15) is 0 Å². The van der Waals surface area contributed by atoms with Crippen LogP contribution in [0.2, 0.25) is 5.02 Å². The SMILES string of the molecule is Cc1cc(Cl)ccc1OC(CN)c1ccccc1Br. The summed E-state index contributed by atoms with van der Waals surface area (Å²) in [6.45, 7) is 2.37. The molecule has 2 nitrogen and oxygen atoms in total. The number of hydrogen-bond acceptors (Lipinski definition) is 2. The van der Waals surface area contributed by atoms with Crippen LogP contribution in [0.5, 0.6) is 5.75 Å². The third-order valence-electron chi connectivity index (χ3n) is 2.87. The first-order valence-corrected chi connectivity index (χ1v) is 7.16. The van der Waals surface area contributed by atoms with E-state index in [4.69, 9.17) is 22.1 Å². The molecule has 0 aliphatic heterocycles. The molecule has 0 saturated carbocycles. The van der Waals surface area contributed by atoms with E-state index in [0.29, 0.717) is 11.6 Å². The summed E-state index contributed by atoms with van der Waals surface area (Å²) in [7, 11) is 0. The second-order valence-electron chi connectivity index (χ2n) is 4.27. The molecule has 0 amide bonds. The summed E-state index contributed by atoms with van der Waals surface area (Å²) in [6.07, 6.45) is -0.185. The van der Waals surface area contributed by atoms with E-state index in [0.717, 1.165) is 21.3 Å². The Hall–Kier alpha value is -1.03. The summed E-state index contributed by atoms with van der Waals surface area (Å²) in [6, 6.07) is 13.5. The van der Waals surface area contributed by atoms with Gasteiger partial charge in [-0.15, -0.1) is 0 Å². The summed E-state index contributed by atoms with van der Waals surface area (Å²) in [4.78, 5) is 0. The molecule has 0 saturated heterocycles. The van der Waals surface area contributed by atoms with Gasteiger partial charge in [0.1, 0.15) is 11.9 Å². The van der Waals surface area contributed by atoms with Crippen molar-refractivity contribution in [2.45, 2.75) is 13.0 Å². The van der Waals surface area contributed by atoms with Crippen molar-refractivity contribution in [2.75, 3.05) is 6.54 Å². The monoisotopic (exact) mass is 339 g/mol. The Balaban J connectivity index is 2.27. The van der Waals surface area contributed by atoms with Gasteiger partial charge in [0, 0.05) is 21.6 Å². The largest absolute Gasteiger partial charge is 0.484 e. The van der Waals surface area contributed by atoms with Crippen molar-refractivity contribution < 1.29 is 4.74 Å². The zero-order chi connectivity index (χ0) is 13.8. The maximum Gasteiger partial charge on any atom is 0.137 e. The first kappa shape index (κ1) is 14.4. The summed E-state index contributed by atoms with van der Waals surface area (Å²) in [5, 5.41) is 0.704. The van der Waals surface area contributed by atoms with E-state index in [2.05, 4.69) is 15.9 Å². The quantitative estimate of drug-likeness (QED) is 0.890. The van der Waals surface area contributed by atoms with E-state index >= 15 is 0 Å². The lowest BCUT2D eigenvalue weighted by Gasteiger charge is -2.20. The molecule has 0 aliphatic rings. The number of rotatable bonds is 4. The van der Waals surface area contributed by atoms with Crippen LogP contribution in [0.4, 0.5) is 0 Å². The van der Waals surface area contributed by atoms with Crippen LogP contribution >= 0.6 is 27.5 Å². The lowest BCUT2D eigenvalue weighted by atomic mass is 10.1. The van der Waals surface area contributed by atoms with Gasteiger partial charge in [0.15, 0.2) is 0 Å². The lowest BCUT2D eigenvalue weighted by Crippen LogP contribution is -2.19. The Morgan fingerprint density at radius 2 is 2.00 bits per heavy atom. The lowest BCUT2D eigenvalue weighted by molar-refractivity contribution is 0.212. The van der Waals surface area contributed by atoms with Gasteiger partial charge in [0.05, 0.1) is 0 Å². The van der Waals surface area contributed by atoms with E-state index in [-0.39, 0.29) is 6.10 Å². The van der Waals surface area contributed by atoms with Crippen molar-refractivity contribution in [3.63, 3.8) is 0 Å². The maximum absolute atomic E-state index is 6.00. The van der Waals surface area contributed by atoms with Crippen LogP contribution in [0.25, 0.3) is 0 Å². The minimum atomic E-state index is -0.185. The van der Waals surface area contributed by atoms with Gasteiger partial charge >= 0.3 is 0 Å². The van der Waals surface area contributed by atoms with Gasteiger partial charge in [-0.2, -0.15) is 0 Å². The summed E-state index contributed by atoms with van der Waals surface area (Å²) < 4.78 is 7.00. The van der Waals surface area contributed by atoms with Crippen LogP contribution in [0.15, 0.2) is 46.9 Å². The molecule has 1 unspecified atom stereocenters. The maximum atomic E-state index is 6.00. The zero-order valence-electron chi connectivity index (χ0n) is 10.6. The topological polar surface area (TPSA) is 35.2 Å². The van der Waals surface area contributed by atoms with Gasteiger partial charge in [-0.25, -0.2) is 0 Å². The van der Waals surface area contributed by atoms with E-state index in [1.807, 2.05) is 49.4 Å². The molecule has 0 aliphatic carbocycles. The second-order valence-corrected chi connectivity index (χ2v) is 5.56. The minimum Gasteiger partial charge on any atom is -0.484 e. The zero-order valence-corrected chi connectivity index (χ0v) is 12.9. The molecule has 2 aromatic rings. The highest BCUT2D eigenvalue weighted by molar-refractivity contribution is 9.10. The summed E-state index contributed by atoms with van der Waals surface area (Å²) in [5.74, 6) is 0.801. The fourth-order valence-electron chi connectivity index (χ4n) is 1.87. The molecule has 100 valence electrons. The molecule has 0 heterocycles. The molecular formula is C15H15BrClNO. The Labute approximate surface area is 126 Å². The Morgan fingerprint density at radius 1 is 1.26 bits per heavy atom. The fourth-order valence-corrected chi connectivity index (χ4v) is 2.64. The number of benzene rings is 2. The molecule has 2 rings (SSSR count). The molecule has 0 fully saturated rings. The van der Waals surface area contributed by atoms with Crippen molar-refractivity contribution >= 4 is 27.5 Å². The van der Waals surface area contributed by atoms with Crippen LogP contribution < -0.4 is 10.5 Å². The molecule has 1 atom stereocenters. The average molecular weight is 341 g/mol. The Bertz CT molecular complexity index is 574. The minimum absolute atomic E-state index is 0.185. The number of nitrogens with two attached hydrogens (primary N) is 1. The molecule has 2 N–H and O–H groups in total. The van der Waals surface area contributed by atoms with E-state index < -0.39 is 0 Å². The Morgan fingerprint density at radius 3 is 2.63 bits per heavy atom. The number of halogens is 2. The average Bonchev–Trinajstić information content (AvgIpc) is 2.39. The van der Waals surface area contributed by atoms with Gasteiger partial charge in [0.2, 0.25) is 0 Å². The third kappa shape index (κ3) is 3.50. The molecule has 0 aromatic heterocycles. The normalized spacial score (nSPS) is 12.2. The highest BCUT2D eigenvalue weighted by Gasteiger charge is 2.15. The van der Waals surface area contributed by atoms with Crippen LogP contribution in [0.3, 0.4) is 0 Å². The molecular weight excluding hydrogens is 326 g/mol. The Kier molecular flexibility index (Phi) is 4.86. The van der Waals surface area contributed by atoms with Gasteiger partial charge in [-0.1, -0.05) is 45.7 Å². The van der Waals surface area contributed by atoms with Gasteiger partial charge < -0.3 is 10.5 Å². The first-order valence-electron chi connectivity index (χ1n) is 5.99. The second kappa shape index (κ2) is 6.42. The highest BCUT2D eigenvalue weighted by atomic mass is 79.9. The molecule has 0 bridgehead atoms. The number of hydrogen-bond donors (Lipinski definition) is 1. The van der Waals surface area contributed by atoms with Crippen molar-refractivity contribution in [3.8, 4) is 5.75 Å². The third-order valence-corrected chi connectivity index (χ3v) is 3.83. The van der Waals surface area contributed by atoms with Crippen molar-refractivity contribution in [3.05, 3.63) is 63.1 Å². The number of aryl methyl sites for hydroxylation is 1. The van der Waals surface area contributed by atoms with Gasteiger partial charge in [-0.05, 0) is 36.8 Å². The van der Waals surface area contributed by atoms with E-state index in [1.165, 1.54) is 0 Å². The molecule has 0 spiro atoms. The van der Waals surface area contributed by atoms with Crippen LogP contribution in [0.1, 0.15) is 17.2 Å². The van der Waals surface area contributed by atoms with Crippen molar-refractivity contribution in [2.24, 2.45) is 5.73 Å². The molecule has 0 radical (unpaired) electrons. The van der Waals surface area contributed by atoms with Crippen LogP contribution in [0, 0.1) is 6.92 Å². The highest BCUT2D eigenvalue weighted by Crippen LogP contribution is 2.30. The number of ether oxygens (including phenoxy) is 1. The predicted octanol–water partition coefficient (Wildman–Crippen LogP) is 4.49. The first-order chi connectivity index (χ1) is 9.11. The standard InChI is InChI=1S/C15H15BrClNO/c1-10-8-11(17)6-7-14(10)19-15(9-18)12-4-2-3-5-13(12)16/h2-8,15H,9,18H2,1H3. The van der Waals surface area contributed by atoms with Crippen LogP contribution in [-0.4, -0.2) is 6.54 Å². The molecule has 4 heteroatoms. The van der Waals surface area contributed by atoms with E-state index in [1.54, 1.807) is 0 Å². The predicted molar refractivity (Wildman–Crippen MR) is 82.8 cm³/mol. The van der Waals surface area contributed by atoms with Crippen molar-refractivity contribution in [1.29, 1.82) is 0 Å². The summed E-state index contributed by atoms with van der Waals surface area (Å²) in [5.41, 5.74) is 7.87. The van der Waals surface area contributed by atoms with Gasteiger partial charge in [0.25, 0.3) is 0 Å². The van der Waals surface area contributed by atoms with Gasteiger partial charge in [-0.3, -0.25) is 0 Å². The fraction of sp³-hybridized carbons (Fsp3) is 0.200. The molecule has 2 aromatic carbocycles. The summed E-state index contributed by atoms with van der Waals surface area (Å²) >= 11 is 9.47. The smallest absolute Gasteiger partial charge is 0.137 e.